The third kappa shape index (κ3) is 5.59. The molecule has 2 heterocycles. The minimum atomic E-state index is -0.0811. The van der Waals surface area contributed by atoms with Crippen molar-refractivity contribution in [3.8, 4) is 0 Å². The number of rotatable bonds is 9. The molecular weight excluding hydrogens is 499 g/mol. The van der Waals surface area contributed by atoms with Gasteiger partial charge < -0.3 is 10.6 Å². The molecule has 7 nitrogen and oxygen atoms in total. The third-order valence-electron chi connectivity index (χ3n) is 4.06. The Labute approximate surface area is 188 Å². The van der Waals surface area contributed by atoms with Gasteiger partial charge in [-0.25, -0.2) is 14.6 Å². The van der Waals surface area contributed by atoms with Crippen molar-refractivity contribution in [3.05, 3.63) is 39.6 Å². The molecule has 1 amide bonds. The maximum atomic E-state index is 12.4. The van der Waals surface area contributed by atoms with Crippen LogP contribution in [0, 0.1) is 3.57 Å². The summed E-state index contributed by atoms with van der Waals surface area (Å²) < 4.78 is 2.76. The summed E-state index contributed by atoms with van der Waals surface area (Å²) in [4.78, 5) is 21.8. The van der Waals surface area contributed by atoms with Gasteiger partial charge in [0.2, 0.25) is 0 Å². The highest BCUT2D eigenvalue weighted by atomic mass is 127. The van der Waals surface area contributed by atoms with Crippen LogP contribution in [0.25, 0.3) is 11.0 Å². The number of nitrogens with one attached hydrogen (secondary N) is 2. The monoisotopic (exact) mass is 524 g/mol. The SMILES string of the molecule is CCCSc1nc(NC(C)C)c2cnn(CCNC(=O)c3ccccc3I)c2n1. The van der Waals surface area contributed by atoms with E-state index in [1.54, 1.807) is 18.0 Å². The Hall–Kier alpha value is -1.88. The van der Waals surface area contributed by atoms with Gasteiger partial charge in [-0.1, -0.05) is 30.8 Å². The molecule has 0 saturated heterocycles. The first-order valence-corrected chi connectivity index (χ1v) is 11.7. The second-order valence-electron chi connectivity index (χ2n) is 6.84. The molecule has 29 heavy (non-hydrogen) atoms. The normalized spacial score (nSPS) is 11.2. The zero-order chi connectivity index (χ0) is 20.8. The minimum Gasteiger partial charge on any atom is -0.367 e. The van der Waals surface area contributed by atoms with Gasteiger partial charge in [0.05, 0.1) is 23.7 Å². The molecule has 0 fully saturated rings. The molecule has 0 saturated carbocycles. The number of amides is 1. The Kier molecular flexibility index (Phi) is 7.70. The van der Waals surface area contributed by atoms with Crippen molar-refractivity contribution in [3.63, 3.8) is 0 Å². The molecule has 0 aliphatic rings. The maximum absolute atomic E-state index is 12.4. The van der Waals surface area contributed by atoms with Crippen LogP contribution in [0.2, 0.25) is 0 Å². The van der Waals surface area contributed by atoms with E-state index >= 15 is 0 Å². The quantitative estimate of drug-likeness (QED) is 0.248. The number of carbonyl (C=O) groups excluding carboxylic acids is 1. The summed E-state index contributed by atoms with van der Waals surface area (Å²) in [5.74, 6) is 1.69. The second kappa shape index (κ2) is 10.2. The summed E-state index contributed by atoms with van der Waals surface area (Å²) in [6, 6.07) is 7.80. The lowest BCUT2D eigenvalue weighted by molar-refractivity contribution is 0.0951. The van der Waals surface area contributed by atoms with Crippen LogP contribution in [0.3, 0.4) is 0 Å². The van der Waals surface area contributed by atoms with Crippen LogP contribution < -0.4 is 10.6 Å². The van der Waals surface area contributed by atoms with Crippen LogP contribution in [-0.2, 0) is 6.54 Å². The number of benzene rings is 1. The van der Waals surface area contributed by atoms with Gasteiger partial charge in [0.1, 0.15) is 5.82 Å². The zero-order valence-corrected chi connectivity index (χ0v) is 19.7. The molecule has 0 radical (unpaired) electrons. The predicted molar refractivity (Wildman–Crippen MR) is 127 cm³/mol. The molecule has 154 valence electrons. The smallest absolute Gasteiger partial charge is 0.252 e. The average molecular weight is 524 g/mol. The predicted octanol–water partition coefficient (Wildman–Crippen LogP) is 4.18. The summed E-state index contributed by atoms with van der Waals surface area (Å²) in [6.45, 7) is 7.30. The maximum Gasteiger partial charge on any atom is 0.252 e. The van der Waals surface area contributed by atoms with E-state index in [4.69, 9.17) is 4.98 Å². The minimum absolute atomic E-state index is 0.0811. The fourth-order valence-electron chi connectivity index (χ4n) is 2.76. The summed E-state index contributed by atoms with van der Waals surface area (Å²) in [7, 11) is 0. The van der Waals surface area contributed by atoms with Crippen molar-refractivity contribution in [1.82, 2.24) is 25.1 Å². The van der Waals surface area contributed by atoms with Crippen molar-refractivity contribution < 1.29 is 4.79 Å². The van der Waals surface area contributed by atoms with Crippen molar-refractivity contribution in [1.29, 1.82) is 0 Å². The van der Waals surface area contributed by atoms with Gasteiger partial charge in [-0.15, -0.1) is 0 Å². The summed E-state index contributed by atoms with van der Waals surface area (Å²) >= 11 is 3.81. The van der Waals surface area contributed by atoms with E-state index in [-0.39, 0.29) is 11.9 Å². The van der Waals surface area contributed by atoms with E-state index in [2.05, 4.69) is 64.1 Å². The summed E-state index contributed by atoms with van der Waals surface area (Å²) in [5, 5.41) is 12.5. The number of aromatic nitrogens is 4. The van der Waals surface area contributed by atoms with Gasteiger partial charge >= 0.3 is 0 Å². The van der Waals surface area contributed by atoms with Crippen LogP contribution in [0.4, 0.5) is 5.82 Å². The van der Waals surface area contributed by atoms with Gasteiger partial charge in [-0.2, -0.15) is 5.10 Å². The number of hydrogen-bond donors (Lipinski definition) is 2. The molecule has 3 aromatic rings. The number of anilines is 1. The van der Waals surface area contributed by atoms with Crippen LogP contribution in [0.5, 0.6) is 0 Å². The van der Waals surface area contributed by atoms with E-state index in [0.29, 0.717) is 18.7 Å². The Bertz CT molecular complexity index is 990. The van der Waals surface area contributed by atoms with Gasteiger partial charge in [0.15, 0.2) is 10.8 Å². The van der Waals surface area contributed by atoms with Crippen molar-refractivity contribution in [2.45, 2.75) is 44.9 Å². The Morgan fingerprint density at radius 3 is 2.79 bits per heavy atom. The molecule has 0 aliphatic carbocycles. The fraction of sp³-hybridized carbons (Fsp3) is 0.400. The van der Waals surface area contributed by atoms with E-state index in [9.17, 15) is 4.79 Å². The van der Waals surface area contributed by atoms with E-state index in [1.807, 2.05) is 28.9 Å². The number of fused-ring (bicyclic) bond motifs is 1. The number of nitrogens with zero attached hydrogens (tertiary/aromatic N) is 4. The molecule has 0 bridgehead atoms. The first-order valence-electron chi connectivity index (χ1n) is 9.65. The van der Waals surface area contributed by atoms with Crippen molar-refractivity contribution >= 4 is 57.1 Å². The van der Waals surface area contributed by atoms with Crippen LogP contribution in [0.1, 0.15) is 37.6 Å². The van der Waals surface area contributed by atoms with E-state index in [0.717, 1.165) is 37.8 Å². The second-order valence-corrected chi connectivity index (χ2v) is 9.07. The summed E-state index contributed by atoms with van der Waals surface area (Å²) in [6.07, 6.45) is 2.85. The molecule has 2 aromatic heterocycles. The fourth-order valence-corrected chi connectivity index (χ4v) is 4.08. The number of carbonyl (C=O) groups is 1. The Morgan fingerprint density at radius 1 is 1.28 bits per heavy atom. The highest BCUT2D eigenvalue weighted by molar-refractivity contribution is 14.1. The highest BCUT2D eigenvalue weighted by Crippen LogP contribution is 2.25. The molecule has 2 N–H and O–H groups in total. The van der Waals surface area contributed by atoms with E-state index < -0.39 is 0 Å². The molecular formula is C20H25IN6OS. The number of hydrogen-bond acceptors (Lipinski definition) is 6. The van der Waals surface area contributed by atoms with Gasteiger partial charge in [-0.05, 0) is 55.0 Å². The molecule has 0 aliphatic heterocycles. The van der Waals surface area contributed by atoms with E-state index in [1.165, 1.54) is 0 Å². The van der Waals surface area contributed by atoms with Crippen LogP contribution in [-0.4, -0.2) is 44.0 Å². The summed E-state index contributed by atoms with van der Waals surface area (Å²) in [5.41, 5.74) is 1.47. The standard InChI is InChI=1S/C20H25IN6OS/c1-4-11-29-20-25-17(24-13(2)3)15-12-23-27(18(15)26-20)10-9-22-19(28)14-7-5-6-8-16(14)21/h5-8,12-13H,4,9-11H2,1-3H3,(H,22,28)(H,24,25,26). The highest BCUT2D eigenvalue weighted by Gasteiger charge is 2.15. The number of halogens is 1. The van der Waals surface area contributed by atoms with Crippen molar-refractivity contribution in [2.75, 3.05) is 17.6 Å². The van der Waals surface area contributed by atoms with Gasteiger partial charge in [-0.3, -0.25) is 4.79 Å². The van der Waals surface area contributed by atoms with Gasteiger partial charge in [0.25, 0.3) is 5.91 Å². The number of thioether (sulfide) groups is 1. The lowest BCUT2D eigenvalue weighted by atomic mass is 10.2. The lowest BCUT2D eigenvalue weighted by Gasteiger charge is -2.12. The lowest BCUT2D eigenvalue weighted by Crippen LogP contribution is -2.28. The molecule has 0 atom stereocenters. The Balaban J connectivity index is 1.76. The molecule has 3 rings (SSSR count). The van der Waals surface area contributed by atoms with Crippen molar-refractivity contribution in [2.24, 2.45) is 0 Å². The molecule has 0 spiro atoms. The first kappa shape index (κ1) is 21.8. The average Bonchev–Trinajstić information content (AvgIpc) is 3.09. The third-order valence-corrected chi connectivity index (χ3v) is 6.06. The van der Waals surface area contributed by atoms with Crippen LogP contribution in [0.15, 0.2) is 35.6 Å². The van der Waals surface area contributed by atoms with Gasteiger partial charge in [0, 0.05) is 21.9 Å². The first-order chi connectivity index (χ1) is 14.0. The topological polar surface area (TPSA) is 84.7 Å². The molecule has 0 unspecified atom stereocenters. The van der Waals surface area contributed by atoms with Crippen LogP contribution >= 0.6 is 34.4 Å². The molecule has 9 heteroatoms. The Morgan fingerprint density at radius 2 is 2.07 bits per heavy atom. The largest absolute Gasteiger partial charge is 0.367 e. The molecule has 1 aromatic carbocycles. The zero-order valence-electron chi connectivity index (χ0n) is 16.8.